The molecule has 33 heavy (non-hydrogen) atoms. The molecule has 7 heteroatoms. The Labute approximate surface area is 197 Å². The second-order valence-corrected chi connectivity index (χ2v) is 9.91. The summed E-state index contributed by atoms with van der Waals surface area (Å²) in [6, 6.07) is 10.4. The third kappa shape index (κ3) is 6.76. The average molecular weight is 463 g/mol. The fourth-order valence-corrected chi connectivity index (χ4v) is 4.74. The lowest BCUT2D eigenvalue weighted by atomic mass is 10.1. The molecule has 2 fully saturated rings. The van der Waals surface area contributed by atoms with Crippen LogP contribution in [-0.4, -0.2) is 59.8 Å². The van der Waals surface area contributed by atoms with Gasteiger partial charge in [0.05, 0.1) is 6.04 Å². The van der Waals surface area contributed by atoms with Gasteiger partial charge in [-0.1, -0.05) is 17.3 Å². The Bertz CT molecular complexity index is 869. The molecular weight excluding hydrogens is 422 g/mol. The van der Waals surface area contributed by atoms with Crippen molar-refractivity contribution in [2.45, 2.75) is 78.4 Å². The van der Waals surface area contributed by atoms with E-state index in [4.69, 9.17) is 4.52 Å². The van der Waals surface area contributed by atoms with Gasteiger partial charge in [-0.15, -0.1) is 0 Å². The Morgan fingerprint density at radius 1 is 1.00 bits per heavy atom. The third-order valence-corrected chi connectivity index (χ3v) is 6.71. The van der Waals surface area contributed by atoms with E-state index in [2.05, 4.69) is 53.6 Å². The topological polar surface area (TPSA) is 35.8 Å². The van der Waals surface area contributed by atoms with Gasteiger partial charge in [0.25, 0.3) is 5.92 Å². The van der Waals surface area contributed by atoms with Crippen LogP contribution in [0.4, 0.5) is 14.5 Å². The molecule has 2 aliphatic rings. The zero-order valence-electron chi connectivity index (χ0n) is 21.0. The van der Waals surface area contributed by atoms with E-state index >= 15 is 0 Å². The third-order valence-electron chi connectivity index (χ3n) is 6.71. The molecular formula is C26H40F2N4O. The van der Waals surface area contributed by atoms with Crippen LogP contribution in [0.5, 0.6) is 0 Å². The molecule has 2 saturated heterocycles. The van der Waals surface area contributed by atoms with Gasteiger partial charge in [0, 0.05) is 62.5 Å². The van der Waals surface area contributed by atoms with E-state index in [0.29, 0.717) is 18.1 Å². The molecule has 3 heterocycles. The van der Waals surface area contributed by atoms with E-state index < -0.39 is 5.92 Å². The van der Waals surface area contributed by atoms with Gasteiger partial charge < -0.3 is 9.42 Å². The number of hydrogen-bond donors (Lipinski definition) is 0. The minimum absolute atomic E-state index is 0.0938. The van der Waals surface area contributed by atoms with E-state index in [9.17, 15) is 8.78 Å². The molecule has 0 radical (unpaired) electrons. The fourth-order valence-electron chi connectivity index (χ4n) is 4.74. The number of aryl methyl sites for hydroxylation is 1. The Hall–Kier alpha value is -1.99. The van der Waals surface area contributed by atoms with Crippen LogP contribution in [-0.2, 0) is 5.92 Å². The monoisotopic (exact) mass is 462 g/mol. The molecule has 0 N–H and O–H groups in total. The number of halogens is 2. The number of aromatic nitrogens is 1. The molecule has 1 aromatic heterocycles. The van der Waals surface area contributed by atoms with Gasteiger partial charge in [0.1, 0.15) is 11.5 Å². The van der Waals surface area contributed by atoms with E-state index in [1.54, 1.807) is 12.1 Å². The Morgan fingerprint density at radius 3 is 2.24 bits per heavy atom. The first-order valence-electron chi connectivity index (χ1n) is 12.2. The van der Waals surface area contributed by atoms with Crippen molar-refractivity contribution in [2.75, 3.05) is 37.6 Å². The zero-order valence-corrected chi connectivity index (χ0v) is 21.0. The second-order valence-electron chi connectivity index (χ2n) is 9.91. The standard InChI is InChI=1S/C15H22F2N2.C11H18N2O/c1-12(2)18-7-9-19(10-8-18)14-6-4-5-13(11-14)15(3,16)17;1-8(2)13-6-4-5-11(13)10-7-9(3)14-12-10/h4-6,11-12H,7-10H2,1-3H3;7-8,11H,4-6H2,1-3H3. The predicted octanol–water partition coefficient (Wildman–Crippen LogP) is 5.86. The van der Waals surface area contributed by atoms with Crippen LogP contribution in [0.25, 0.3) is 0 Å². The van der Waals surface area contributed by atoms with Crippen molar-refractivity contribution < 1.29 is 13.3 Å². The molecule has 184 valence electrons. The van der Waals surface area contributed by atoms with Gasteiger partial charge >= 0.3 is 0 Å². The largest absolute Gasteiger partial charge is 0.369 e. The molecule has 1 atom stereocenters. The fraction of sp³-hybridized carbons (Fsp3) is 0.654. The van der Waals surface area contributed by atoms with E-state index in [1.807, 2.05) is 13.0 Å². The summed E-state index contributed by atoms with van der Waals surface area (Å²) >= 11 is 0. The van der Waals surface area contributed by atoms with E-state index in [1.165, 1.54) is 25.5 Å². The summed E-state index contributed by atoms with van der Waals surface area (Å²) in [6.07, 6.45) is 2.49. The average Bonchev–Trinajstić information content (AvgIpc) is 3.43. The second kappa shape index (κ2) is 11.0. The van der Waals surface area contributed by atoms with Crippen LogP contribution in [0.1, 0.15) is 70.5 Å². The van der Waals surface area contributed by atoms with Crippen LogP contribution in [0.2, 0.25) is 0 Å². The summed E-state index contributed by atoms with van der Waals surface area (Å²) in [7, 11) is 0. The Kier molecular flexibility index (Phi) is 8.51. The Morgan fingerprint density at radius 2 is 1.70 bits per heavy atom. The molecule has 0 bridgehead atoms. The Balaban J connectivity index is 0.000000194. The van der Waals surface area contributed by atoms with Crippen molar-refractivity contribution in [1.29, 1.82) is 0 Å². The van der Waals surface area contributed by atoms with Crippen molar-refractivity contribution in [3.8, 4) is 0 Å². The summed E-state index contributed by atoms with van der Waals surface area (Å²) < 4.78 is 31.8. The maximum absolute atomic E-state index is 13.3. The minimum atomic E-state index is -2.77. The number of piperazine rings is 1. The van der Waals surface area contributed by atoms with Crippen LogP contribution in [0, 0.1) is 6.92 Å². The number of anilines is 1. The van der Waals surface area contributed by atoms with Crippen molar-refractivity contribution in [3.63, 3.8) is 0 Å². The maximum Gasteiger partial charge on any atom is 0.270 e. The molecule has 0 aliphatic carbocycles. The lowest BCUT2D eigenvalue weighted by Crippen LogP contribution is -2.48. The SMILES string of the molecule is CC(C)N1CCN(c2cccc(C(C)(F)F)c2)CC1.Cc1cc(C2CCCN2C(C)C)no1. The quantitative estimate of drug-likeness (QED) is 0.556. The summed E-state index contributed by atoms with van der Waals surface area (Å²) in [5, 5.41) is 4.11. The smallest absolute Gasteiger partial charge is 0.270 e. The normalized spacial score (nSPS) is 20.4. The van der Waals surface area contributed by atoms with Crippen molar-refractivity contribution in [1.82, 2.24) is 15.0 Å². The van der Waals surface area contributed by atoms with Gasteiger partial charge in [-0.2, -0.15) is 0 Å². The number of nitrogens with zero attached hydrogens (tertiary/aromatic N) is 4. The molecule has 2 aromatic rings. The molecule has 4 rings (SSSR count). The number of benzene rings is 1. The number of hydrogen-bond acceptors (Lipinski definition) is 5. The molecule has 1 unspecified atom stereocenters. The number of rotatable bonds is 5. The zero-order chi connectivity index (χ0) is 24.2. The summed E-state index contributed by atoms with van der Waals surface area (Å²) in [5.74, 6) is -1.86. The molecule has 0 spiro atoms. The van der Waals surface area contributed by atoms with Crippen LogP contribution < -0.4 is 4.90 Å². The first-order valence-corrected chi connectivity index (χ1v) is 12.2. The first-order chi connectivity index (χ1) is 15.6. The van der Waals surface area contributed by atoms with Crippen LogP contribution in [0.15, 0.2) is 34.9 Å². The molecule has 5 nitrogen and oxygen atoms in total. The lowest BCUT2D eigenvalue weighted by Gasteiger charge is -2.38. The number of alkyl halides is 2. The highest BCUT2D eigenvalue weighted by molar-refractivity contribution is 5.49. The van der Waals surface area contributed by atoms with E-state index in [0.717, 1.165) is 50.2 Å². The summed E-state index contributed by atoms with van der Waals surface area (Å²) in [6.45, 7) is 16.7. The van der Waals surface area contributed by atoms with Gasteiger partial charge in [0.2, 0.25) is 0 Å². The highest BCUT2D eigenvalue weighted by Gasteiger charge is 2.30. The maximum atomic E-state index is 13.3. The van der Waals surface area contributed by atoms with Gasteiger partial charge in [-0.25, -0.2) is 8.78 Å². The van der Waals surface area contributed by atoms with Crippen molar-refractivity contribution >= 4 is 5.69 Å². The lowest BCUT2D eigenvalue weighted by molar-refractivity contribution is 0.0175. The van der Waals surface area contributed by atoms with Gasteiger partial charge in [0.15, 0.2) is 0 Å². The van der Waals surface area contributed by atoms with Crippen molar-refractivity contribution in [3.05, 3.63) is 47.3 Å². The molecule has 0 amide bonds. The van der Waals surface area contributed by atoms with Crippen LogP contribution in [0.3, 0.4) is 0 Å². The molecule has 0 saturated carbocycles. The van der Waals surface area contributed by atoms with Gasteiger partial charge in [-0.3, -0.25) is 9.80 Å². The summed E-state index contributed by atoms with van der Waals surface area (Å²) in [4.78, 5) is 7.10. The van der Waals surface area contributed by atoms with Crippen molar-refractivity contribution in [2.24, 2.45) is 0 Å². The van der Waals surface area contributed by atoms with Crippen LogP contribution >= 0.6 is 0 Å². The highest BCUT2D eigenvalue weighted by atomic mass is 19.3. The summed E-state index contributed by atoms with van der Waals surface area (Å²) in [5.41, 5.74) is 2.10. The highest BCUT2D eigenvalue weighted by Crippen LogP contribution is 2.33. The minimum Gasteiger partial charge on any atom is -0.369 e. The first kappa shape index (κ1) is 25.6. The van der Waals surface area contributed by atoms with E-state index in [-0.39, 0.29) is 5.56 Å². The molecule has 2 aliphatic heterocycles. The molecule has 1 aromatic carbocycles. The number of likely N-dealkylation sites (tertiary alicyclic amines) is 1. The predicted molar refractivity (Wildman–Crippen MR) is 130 cm³/mol. The van der Waals surface area contributed by atoms with Gasteiger partial charge in [-0.05, 0) is 66.1 Å².